The largest absolute Gasteiger partial charge is 0.353 e. The Morgan fingerprint density at radius 3 is 2.75 bits per heavy atom. The molecular weight excluding hydrogens is 224 g/mol. The van der Waals surface area contributed by atoms with Crippen LogP contribution in [0.25, 0.3) is 0 Å². The monoisotopic (exact) mass is 246 g/mol. The van der Waals surface area contributed by atoms with E-state index in [0.29, 0.717) is 12.5 Å². The van der Waals surface area contributed by atoms with Crippen molar-refractivity contribution in [3.63, 3.8) is 0 Å². The maximum atomic E-state index is 11.6. The first kappa shape index (κ1) is 13.8. The van der Waals surface area contributed by atoms with Crippen molar-refractivity contribution in [2.45, 2.75) is 45.1 Å². The molecule has 1 saturated carbocycles. The van der Waals surface area contributed by atoms with Gasteiger partial charge in [0.1, 0.15) is 0 Å². The van der Waals surface area contributed by atoms with Crippen molar-refractivity contribution in [3.8, 4) is 0 Å². The lowest BCUT2D eigenvalue weighted by atomic mass is 10.0. The smallest absolute Gasteiger partial charge is 0.220 e. The maximum absolute atomic E-state index is 11.6. The quantitative estimate of drug-likeness (QED) is 0.776. The minimum Gasteiger partial charge on any atom is -0.353 e. The molecule has 94 valence electrons. The van der Waals surface area contributed by atoms with Crippen molar-refractivity contribution in [1.29, 1.82) is 0 Å². The van der Waals surface area contributed by atoms with Gasteiger partial charge in [-0.05, 0) is 57.5 Å². The average Bonchev–Trinajstić information content (AvgIpc) is 2.93. The van der Waals surface area contributed by atoms with Crippen molar-refractivity contribution in [3.05, 3.63) is 0 Å². The number of nitrogens with one attached hydrogen (secondary N) is 2. The van der Waals surface area contributed by atoms with Crippen LogP contribution in [-0.2, 0) is 4.79 Å². The van der Waals surface area contributed by atoms with E-state index in [1.807, 2.05) is 0 Å². The number of halogens is 1. The van der Waals surface area contributed by atoms with Gasteiger partial charge in [0.25, 0.3) is 0 Å². The first-order chi connectivity index (χ1) is 7.25. The molecule has 16 heavy (non-hydrogen) atoms. The van der Waals surface area contributed by atoms with Crippen molar-refractivity contribution < 1.29 is 4.79 Å². The summed E-state index contributed by atoms with van der Waals surface area (Å²) in [6, 6.07) is 0.402. The summed E-state index contributed by atoms with van der Waals surface area (Å²) in [6.07, 6.45) is 5.60. The van der Waals surface area contributed by atoms with E-state index in [2.05, 4.69) is 17.6 Å². The standard InChI is InChI=1S/C12H22N2O.ClH/c1-9(11-3-4-11)14-12(15)5-2-10-6-7-13-8-10;/h9-11,13H,2-8H2,1H3,(H,14,15);1H. The Balaban J connectivity index is 0.00000128. The molecule has 2 atom stereocenters. The van der Waals surface area contributed by atoms with Gasteiger partial charge in [-0.25, -0.2) is 0 Å². The molecular formula is C12H23ClN2O. The van der Waals surface area contributed by atoms with Gasteiger partial charge in [0, 0.05) is 12.5 Å². The third-order valence-corrected chi connectivity index (χ3v) is 3.66. The van der Waals surface area contributed by atoms with Crippen LogP contribution in [-0.4, -0.2) is 25.0 Å². The highest BCUT2D eigenvalue weighted by Crippen LogP contribution is 2.32. The molecule has 1 amide bonds. The Morgan fingerprint density at radius 2 is 2.19 bits per heavy atom. The molecule has 0 aromatic carbocycles. The Labute approximate surface area is 104 Å². The Kier molecular flexibility index (Phi) is 5.56. The number of amides is 1. The van der Waals surface area contributed by atoms with Crippen LogP contribution in [0.1, 0.15) is 39.0 Å². The second-order valence-corrected chi connectivity index (χ2v) is 5.09. The average molecular weight is 247 g/mol. The van der Waals surface area contributed by atoms with Gasteiger partial charge in [-0.1, -0.05) is 0 Å². The van der Waals surface area contributed by atoms with Gasteiger partial charge in [-0.2, -0.15) is 0 Å². The molecule has 2 fully saturated rings. The molecule has 2 N–H and O–H groups in total. The summed E-state index contributed by atoms with van der Waals surface area (Å²) in [6.45, 7) is 4.36. The lowest BCUT2D eigenvalue weighted by Gasteiger charge is -2.13. The van der Waals surface area contributed by atoms with Crippen molar-refractivity contribution >= 4 is 18.3 Å². The number of hydrogen-bond acceptors (Lipinski definition) is 2. The van der Waals surface area contributed by atoms with Gasteiger partial charge < -0.3 is 10.6 Å². The minimum absolute atomic E-state index is 0. The molecule has 0 aromatic heterocycles. The zero-order chi connectivity index (χ0) is 10.7. The number of rotatable bonds is 5. The first-order valence-corrected chi connectivity index (χ1v) is 6.26. The molecule has 2 rings (SSSR count). The molecule has 0 aromatic rings. The normalized spacial score (nSPS) is 25.9. The van der Waals surface area contributed by atoms with E-state index in [-0.39, 0.29) is 18.3 Å². The number of hydrogen-bond donors (Lipinski definition) is 2. The van der Waals surface area contributed by atoms with Gasteiger partial charge in [0.05, 0.1) is 0 Å². The predicted octanol–water partition coefficient (Wildman–Crippen LogP) is 1.71. The minimum atomic E-state index is 0. The third-order valence-electron chi connectivity index (χ3n) is 3.66. The van der Waals surface area contributed by atoms with Gasteiger partial charge in [0.2, 0.25) is 5.91 Å². The van der Waals surface area contributed by atoms with Crippen LogP contribution in [0.2, 0.25) is 0 Å². The van der Waals surface area contributed by atoms with Gasteiger partial charge in [-0.3, -0.25) is 4.79 Å². The topological polar surface area (TPSA) is 41.1 Å². The molecule has 1 aliphatic carbocycles. The van der Waals surface area contributed by atoms with E-state index in [1.54, 1.807) is 0 Å². The van der Waals surface area contributed by atoms with Crippen LogP contribution in [0.3, 0.4) is 0 Å². The highest BCUT2D eigenvalue weighted by Gasteiger charge is 2.28. The summed E-state index contributed by atoms with van der Waals surface area (Å²) in [5, 5.41) is 6.44. The van der Waals surface area contributed by atoms with Crippen LogP contribution in [0.15, 0.2) is 0 Å². The van der Waals surface area contributed by atoms with Crippen LogP contribution in [0.4, 0.5) is 0 Å². The fraction of sp³-hybridized carbons (Fsp3) is 0.917. The molecule has 2 aliphatic rings. The lowest BCUT2D eigenvalue weighted by Crippen LogP contribution is -2.34. The summed E-state index contributed by atoms with van der Waals surface area (Å²) in [5.74, 6) is 1.75. The van der Waals surface area contributed by atoms with Crippen molar-refractivity contribution in [2.24, 2.45) is 11.8 Å². The van der Waals surface area contributed by atoms with Gasteiger partial charge >= 0.3 is 0 Å². The lowest BCUT2D eigenvalue weighted by molar-refractivity contribution is -0.122. The van der Waals surface area contributed by atoms with E-state index in [1.165, 1.54) is 19.3 Å². The Bertz CT molecular complexity index is 225. The SMILES string of the molecule is CC(NC(=O)CCC1CCNC1)C1CC1.Cl. The molecule has 1 saturated heterocycles. The molecule has 3 nitrogen and oxygen atoms in total. The molecule has 4 heteroatoms. The molecule has 1 heterocycles. The number of carbonyl (C=O) groups is 1. The molecule has 0 radical (unpaired) electrons. The van der Waals surface area contributed by atoms with Gasteiger partial charge in [0.15, 0.2) is 0 Å². The predicted molar refractivity (Wildman–Crippen MR) is 67.8 cm³/mol. The number of carbonyl (C=O) groups excluding carboxylic acids is 1. The van der Waals surface area contributed by atoms with E-state index >= 15 is 0 Å². The summed E-state index contributed by atoms with van der Waals surface area (Å²) in [5.41, 5.74) is 0. The molecule has 0 bridgehead atoms. The van der Waals surface area contributed by atoms with Gasteiger partial charge in [-0.15, -0.1) is 12.4 Å². The second kappa shape index (κ2) is 6.45. The highest BCUT2D eigenvalue weighted by molar-refractivity contribution is 5.85. The zero-order valence-corrected chi connectivity index (χ0v) is 10.8. The fourth-order valence-electron chi connectivity index (χ4n) is 2.34. The first-order valence-electron chi connectivity index (χ1n) is 6.26. The maximum Gasteiger partial charge on any atom is 0.220 e. The summed E-state index contributed by atoms with van der Waals surface area (Å²) < 4.78 is 0. The van der Waals surface area contributed by atoms with E-state index < -0.39 is 0 Å². The van der Waals surface area contributed by atoms with Crippen LogP contribution in [0, 0.1) is 11.8 Å². The summed E-state index contributed by atoms with van der Waals surface area (Å²) >= 11 is 0. The molecule has 0 spiro atoms. The van der Waals surface area contributed by atoms with E-state index in [4.69, 9.17) is 0 Å². The second-order valence-electron chi connectivity index (χ2n) is 5.09. The summed E-state index contributed by atoms with van der Waals surface area (Å²) in [4.78, 5) is 11.6. The highest BCUT2D eigenvalue weighted by atomic mass is 35.5. The van der Waals surface area contributed by atoms with Crippen molar-refractivity contribution in [1.82, 2.24) is 10.6 Å². The van der Waals surface area contributed by atoms with E-state index in [0.717, 1.165) is 31.3 Å². The third kappa shape index (κ3) is 4.30. The Morgan fingerprint density at radius 1 is 1.44 bits per heavy atom. The zero-order valence-electron chi connectivity index (χ0n) is 10.00. The van der Waals surface area contributed by atoms with Crippen molar-refractivity contribution in [2.75, 3.05) is 13.1 Å². The molecule has 2 unspecified atom stereocenters. The summed E-state index contributed by atoms with van der Waals surface area (Å²) in [7, 11) is 0. The Hall–Kier alpha value is -0.280. The molecule has 1 aliphatic heterocycles. The van der Waals surface area contributed by atoms with Crippen LogP contribution < -0.4 is 10.6 Å². The fourth-order valence-corrected chi connectivity index (χ4v) is 2.34. The van der Waals surface area contributed by atoms with E-state index in [9.17, 15) is 4.79 Å². The van der Waals surface area contributed by atoms with Crippen LogP contribution in [0.5, 0.6) is 0 Å². The van der Waals surface area contributed by atoms with Crippen LogP contribution >= 0.6 is 12.4 Å².